The molecule has 5 nitrogen and oxygen atoms in total. The van der Waals surface area contributed by atoms with Crippen molar-refractivity contribution >= 4 is 17.7 Å². The molecular weight excluding hydrogens is 276 g/mol. The van der Waals surface area contributed by atoms with Crippen LogP contribution in [0.1, 0.15) is 44.3 Å². The van der Waals surface area contributed by atoms with Crippen LogP contribution in [0.3, 0.4) is 0 Å². The van der Waals surface area contributed by atoms with Gasteiger partial charge in [-0.3, -0.25) is 4.79 Å². The maximum Gasteiger partial charge on any atom is 0.314 e. The molecule has 6 heteroatoms. The topological polar surface area (TPSA) is 76.2 Å². The second-order valence-corrected chi connectivity index (χ2v) is 7.69. The van der Waals surface area contributed by atoms with Crippen LogP contribution in [0.4, 0.5) is 0 Å². The van der Waals surface area contributed by atoms with Crippen LogP contribution in [0.2, 0.25) is 0 Å². The van der Waals surface area contributed by atoms with Crippen molar-refractivity contribution in [2.45, 2.75) is 49.2 Å². The van der Waals surface area contributed by atoms with Crippen molar-refractivity contribution < 1.29 is 14.4 Å². The fraction of sp³-hybridized carbons (Fsp3) is 0.786. The van der Waals surface area contributed by atoms with Gasteiger partial charge in [0.2, 0.25) is 0 Å². The quantitative estimate of drug-likeness (QED) is 0.860. The van der Waals surface area contributed by atoms with Gasteiger partial charge in [-0.05, 0) is 56.3 Å². The molecule has 4 saturated carbocycles. The van der Waals surface area contributed by atoms with Crippen molar-refractivity contribution in [2.24, 2.45) is 17.8 Å². The van der Waals surface area contributed by atoms with E-state index < -0.39 is 5.97 Å². The second-order valence-electron chi connectivity index (χ2n) is 6.76. The van der Waals surface area contributed by atoms with E-state index in [0.29, 0.717) is 5.22 Å². The SMILES string of the molecule is O=C(O)CSc1nc(C23CC4CC(CC(C4)C2)C3)no1. The molecular formula is C14H18N2O3S. The van der Waals surface area contributed by atoms with Crippen LogP contribution >= 0.6 is 11.8 Å². The van der Waals surface area contributed by atoms with Crippen molar-refractivity contribution in [1.29, 1.82) is 0 Å². The first-order valence-electron chi connectivity index (χ1n) is 7.32. The normalized spacial score (nSPS) is 38.3. The largest absolute Gasteiger partial charge is 0.481 e. The van der Waals surface area contributed by atoms with Crippen LogP contribution in [-0.2, 0) is 10.2 Å². The summed E-state index contributed by atoms with van der Waals surface area (Å²) < 4.78 is 5.24. The Kier molecular flexibility index (Phi) is 2.84. The van der Waals surface area contributed by atoms with Crippen molar-refractivity contribution in [3.63, 3.8) is 0 Å². The van der Waals surface area contributed by atoms with Crippen LogP contribution in [0, 0.1) is 17.8 Å². The molecule has 0 aromatic carbocycles. The Bertz CT molecular complexity index is 507. The molecule has 0 aliphatic heterocycles. The van der Waals surface area contributed by atoms with Gasteiger partial charge in [-0.2, -0.15) is 4.98 Å². The lowest BCUT2D eigenvalue weighted by Gasteiger charge is -2.55. The first kappa shape index (κ1) is 12.7. The fourth-order valence-corrected chi connectivity index (χ4v) is 5.48. The average molecular weight is 294 g/mol. The molecule has 0 saturated heterocycles. The van der Waals surface area contributed by atoms with E-state index in [4.69, 9.17) is 9.63 Å². The Hall–Kier alpha value is -1.04. The van der Waals surface area contributed by atoms with Crippen molar-refractivity contribution in [2.75, 3.05) is 5.75 Å². The summed E-state index contributed by atoms with van der Waals surface area (Å²) in [6, 6.07) is 0. The van der Waals surface area contributed by atoms with Gasteiger partial charge in [0.15, 0.2) is 5.82 Å². The van der Waals surface area contributed by atoms with E-state index in [1.165, 1.54) is 38.5 Å². The van der Waals surface area contributed by atoms with E-state index in [1.807, 2.05) is 0 Å². The number of carbonyl (C=O) groups is 1. The highest BCUT2D eigenvalue weighted by atomic mass is 32.2. The minimum Gasteiger partial charge on any atom is -0.481 e. The summed E-state index contributed by atoms with van der Waals surface area (Å²) in [6.45, 7) is 0. The highest BCUT2D eigenvalue weighted by Gasteiger charge is 2.53. The van der Waals surface area contributed by atoms with Gasteiger partial charge in [0, 0.05) is 5.41 Å². The first-order valence-corrected chi connectivity index (χ1v) is 8.30. The van der Waals surface area contributed by atoms with E-state index in [2.05, 4.69) is 10.1 Å². The number of carboxylic acid groups (broad SMARTS) is 1. The van der Waals surface area contributed by atoms with E-state index in [9.17, 15) is 4.79 Å². The number of aromatic nitrogens is 2. The second kappa shape index (κ2) is 4.48. The molecule has 0 unspecified atom stereocenters. The molecule has 0 atom stereocenters. The molecule has 1 heterocycles. The highest BCUT2D eigenvalue weighted by Crippen LogP contribution is 2.60. The molecule has 1 aromatic heterocycles. The molecule has 0 spiro atoms. The van der Waals surface area contributed by atoms with E-state index in [0.717, 1.165) is 35.3 Å². The number of rotatable bonds is 4. The highest BCUT2D eigenvalue weighted by molar-refractivity contribution is 7.99. The van der Waals surface area contributed by atoms with Gasteiger partial charge in [-0.1, -0.05) is 16.9 Å². The lowest BCUT2D eigenvalue weighted by atomic mass is 9.49. The molecule has 1 aromatic rings. The number of aliphatic carboxylic acids is 1. The molecule has 108 valence electrons. The molecule has 5 rings (SSSR count). The lowest BCUT2D eigenvalue weighted by molar-refractivity contribution is -0.133. The lowest BCUT2D eigenvalue weighted by Crippen LogP contribution is -2.49. The Morgan fingerprint density at radius 2 is 1.85 bits per heavy atom. The fourth-order valence-electron chi connectivity index (χ4n) is 4.99. The monoisotopic (exact) mass is 294 g/mol. The third-order valence-corrected chi connectivity index (χ3v) is 6.04. The molecule has 1 N–H and O–H groups in total. The molecule has 20 heavy (non-hydrogen) atoms. The molecule has 4 bridgehead atoms. The number of hydrogen-bond donors (Lipinski definition) is 1. The Morgan fingerprint density at radius 1 is 1.25 bits per heavy atom. The van der Waals surface area contributed by atoms with Gasteiger partial charge in [0.25, 0.3) is 5.22 Å². The number of carboxylic acids is 1. The molecule has 0 radical (unpaired) electrons. The minimum absolute atomic E-state index is 0.0253. The van der Waals surface area contributed by atoms with Crippen molar-refractivity contribution in [3.05, 3.63) is 5.82 Å². The van der Waals surface area contributed by atoms with Crippen molar-refractivity contribution in [3.8, 4) is 0 Å². The zero-order valence-electron chi connectivity index (χ0n) is 11.2. The Labute approximate surface area is 121 Å². The van der Waals surface area contributed by atoms with Crippen LogP contribution in [0.15, 0.2) is 9.75 Å². The third kappa shape index (κ3) is 2.05. The summed E-state index contributed by atoms with van der Waals surface area (Å²) in [5, 5.41) is 13.3. The standard InChI is InChI=1S/C14H18N2O3S/c17-11(18)7-20-13-15-12(16-19-13)14-4-8-1-9(5-14)3-10(2-8)6-14/h8-10H,1-7H2,(H,17,18). The van der Waals surface area contributed by atoms with Gasteiger partial charge in [0.05, 0.1) is 0 Å². The minimum atomic E-state index is -0.857. The number of nitrogens with zero attached hydrogens (tertiary/aromatic N) is 2. The van der Waals surface area contributed by atoms with Crippen LogP contribution in [0.25, 0.3) is 0 Å². The maximum absolute atomic E-state index is 10.6. The summed E-state index contributed by atoms with van der Waals surface area (Å²) in [5.41, 5.74) is 0.125. The third-order valence-electron chi connectivity index (χ3n) is 5.24. The number of hydrogen-bond acceptors (Lipinski definition) is 5. The summed E-state index contributed by atoms with van der Waals surface area (Å²) in [6.07, 6.45) is 7.75. The number of thioether (sulfide) groups is 1. The summed E-state index contributed by atoms with van der Waals surface area (Å²) in [4.78, 5) is 15.1. The maximum atomic E-state index is 10.6. The average Bonchev–Trinajstić information content (AvgIpc) is 2.84. The van der Waals surface area contributed by atoms with E-state index >= 15 is 0 Å². The van der Waals surface area contributed by atoms with Gasteiger partial charge >= 0.3 is 5.97 Å². The van der Waals surface area contributed by atoms with Crippen LogP contribution < -0.4 is 0 Å². The Morgan fingerprint density at radius 3 is 2.40 bits per heavy atom. The van der Waals surface area contributed by atoms with E-state index in [-0.39, 0.29) is 11.2 Å². The van der Waals surface area contributed by atoms with Crippen molar-refractivity contribution in [1.82, 2.24) is 10.1 Å². The molecule has 4 fully saturated rings. The van der Waals surface area contributed by atoms with Gasteiger partial charge in [-0.15, -0.1) is 0 Å². The van der Waals surface area contributed by atoms with E-state index in [1.54, 1.807) is 0 Å². The summed E-state index contributed by atoms with van der Waals surface area (Å²) >= 11 is 1.11. The summed E-state index contributed by atoms with van der Waals surface area (Å²) in [5.74, 6) is 2.48. The zero-order chi connectivity index (χ0) is 13.7. The smallest absolute Gasteiger partial charge is 0.314 e. The van der Waals surface area contributed by atoms with Gasteiger partial charge in [0.1, 0.15) is 5.75 Å². The van der Waals surface area contributed by atoms with Crippen LogP contribution in [-0.4, -0.2) is 27.0 Å². The van der Waals surface area contributed by atoms with Crippen LogP contribution in [0.5, 0.6) is 0 Å². The van der Waals surface area contributed by atoms with Gasteiger partial charge in [-0.25, -0.2) is 0 Å². The zero-order valence-corrected chi connectivity index (χ0v) is 12.1. The molecule has 0 amide bonds. The van der Waals surface area contributed by atoms with Gasteiger partial charge < -0.3 is 9.63 Å². The molecule has 4 aliphatic carbocycles. The first-order chi connectivity index (χ1) is 9.63. The molecule has 4 aliphatic rings. The summed E-state index contributed by atoms with van der Waals surface area (Å²) in [7, 11) is 0. The Balaban J connectivity index is 1.56. The predicted octanol–water partition coefficient (Wildman–Crippen LogP) is 2.71. The predicted molar refractivity (Wildman–Crippen MR) is 72.5 cm³/mol.